The number of nitrogens with two attached hydrogens (primary N) is 1. The minimum absolute atomic E-state index is 1.08. The highest BCUT2D eigenvalue weighted by Gasteiger charge is 2.31. The average molecular weight is 179 g/mol. The molecule has 0 aliphatic rings. The predicted molar refractivity (Wildman–Crippen MR) is 39.3 cm³/mol. The zero-order chi connectivity index (χ0) is 9.89. The number of hydrogen-bond acceptors (Lipinski definition) is 5. The van der Waals surface area contributed by atoms with Crippen molar-refractivity contribution in [2.45, 2.75) is 31.3 Å². The van der Waals surface area contributed by atoms with Crippen LogP contribution in [0.3, 0.4) is 0 Å². The van der Waals surface area contributed by atoms with Gasteiger partial charge in [0.05, 0.1) is 12.1 Å². The van der Waals surface area contributed by atoms with E-state index in [1.165, 1.54) is 6.92 Å². The maximum absolute atomic E-state index is 10.1. The monoisotopic (exact) mass is 179 g/mol. The topological polar surface area (TPSA) is 124 Å². The molecule has 6 heteroatoms. The van der Waals surface area contributed by atoms with Crippen molar-refractivity contribution in [2.24, 2.45) is 5.73 Å². The molecule has 0 aromatic carbocycles. The summed E-state index contributed by atoms with van der Waals surface area (Å²) in [5.74, 6) is -1.57. The van der Waals surface area contributed by atoms with Crippen LogP contribution in [-0.2, 0) is 4.79 Å². The molecule has 0 heterocycles. The number of carboxylic acid groups (broad SMARTS) is 1. The predicted octanol–water partition coefficient (Wildman–Crippen LogP) is -2.50. The van der Waals surface area contributed by atoms with Gasteiger partial charge < -0.3 is 26.2 Å². The molecule has 0 rings (SSSR count). The van der Waals surface area contributed by atoms with Gasteiger partial charge in [0.2, 0.25) is 0 Å². The highest BCUT2D eigenvalue weighted by atomic mass is 16.4. The lowest BCUT2D eigenvalue weighted by atomic mass is 10.0. The Bertz CT molecular complexity index is 160. The van der Waals surface area contributed by atoms with E-state index in [4.69, 9.17) is 26.2 Å². The van der Waals surface area contributed by atoms with Crippen molar-refractivity contribution in [3.05, 3.63) is 0 Å². The molecule has 72 valence electrons. The second kappa shape index (κ2) is 4.36. The molecule has 4 atom stereocenters. The quantitative estimate of drug-likeness (QED) is 0.325. The highest BCUT2D eigenvalue weighted by Crippen LogP contribution is 2.02. The Morgan fingerprint density at radius 2 is 1.75 bits per heavy atom. The molecule has 0 fully saturated rings. The van der Waals surface area contributed by atoms with Gasteiger partial charge in [-0.2, -0.15) is 0 Å². The molecule has 6 N–H and O–H groups in total. The van der Waals surface area contributed by atoms with E-state index in [9.17, 15) is 4.79 Å². The van der Waals surface area contributed by atoms with E-state index in [1.807, 2.05) is 0 Å². The fourth-order valence-electron chi connectivity index (χ4n) is 0.642. The Morgan fingerprint density at radius 3 is 2.00 bits per heavy atom. The maximum Gasteiger partial charge on any atom is 0.335 e. The number of aliphatic carboxylic acids is 1. The number of aliphatic hydroxyl groups excluding tert-OH is 3. The van der Waals surface area contributed by atoms with Gasteiger partial charge in [-0.1, -0.05) is 0 Å². The van der Waals surface area contributed by atoms with Gasteiger partial charge in [-0.15, -0.1) is 0 Å². The molecule has 0 spiro atoms. The summed E-state index contributed by atoms with van der Waals surface area (Å²) in [4.78, 5) is 10.1. The molecule has 0 aliphatic heterocycles. The molecule has 4 unspecified atom stereocenters. The first-order chi connectivity index (χ1) is 5.37. The van der Waals surface area contributed by atoms with E-state index >= 15 is 0 Å². The second-order valence-corrected chi connectivity index (χ2v) is 2.59. The number of rotatable bonds is 4. The van der Waals surface area contributed by atoms with Gasteiger partial charge in [-0.3, -0.25) is 0 Å². The SMILES string of the molecule is CC(O)C(N)C(O)C(O)C(=O)O. The molecular weight excluding hydrogens is 166 g/mol. The standard InChI is InChI=1S/C6H13NO5/c1-2(8)3(7)4(9)5(10)6(11)12/h2-5,8-10H,7H2,1H3,(H,11,12). The Hall–Kier alpha value is -0.690. The van der Waals surface area contributed by atoms with Crippen LogP contribution in [0.15, 0.2) is 0 Å². The van der Waals surface area contributed by atoms with Crippen molar-refractivity contribution in [3.8, 4) is 0 Å². The molecule has 0 radical (unpaired) electrons. The lowest BCUT2D eigenvalue weighted by Crippen LogP contribution is -2.51. The molecule has 6 nitrogen and oxygen atoms in total. The van der Waals surface area contributed by atoms with E-state index in [1.54, 1.807) is 0 Å². The van der Waals surface area contributed by atoms with Gasteiger partial charge in [-0.05, 0) is 6.92 Å². The molecule has 0 aromatic rings. The summed E-state index contributed by atoms with van der Waals surface area (Å²) >= 11 is 0. The largest absolute Gasteiger partial charge is 0.479 e. The smallest absolute Gasteiger partial charge is 0.335 e. The second-order valence-electron chi connectivity index (χ2n) is 2.59. The van der Waals surface area contributed by atoms with Crippen LogP contribution in [0.1, 0.15) is 6.92 Å². The van der Waals surface area contributed by atoms with Crippen LogP contribution in [0.4, 0.5) is 0 Å². The van der Waals surface area contributed by atoms with Gasteiger partial charge in [0.1, 0.15) is 6.10 Å². The Labute approximate surface area is 69.2 Å². The van der Waals surface area contributed by atoms with Crippen LogP contribution in [0, 0.1) is 0 Å². The Morgan fingerprint density at radius 1 is 1.33 bits per heavy atom. The van der Waals surface area contributed by atoms with Gasteiger partial charge in [0.15, 0.2) is 6.10 Å². The van der Waals surface area contributed by atoms with Crippen LogP contribution in [0.5, 0.6) is 0 Å². The molecule has 0 amide bonds. The Kier molecular flexibility index (Phi) is 4.11. The summed E-state index contributed by atoms with van der Waals surface area (Å²) in [6.07, 6.45) is -4.70. The average Bonchev–Trinajstić information content (AvgIpc) is 2.00. The molecule has 0 bridgehead atoms. The van der Waals surface area contributed by atoms with E-state index in [0.717, 1.165) is 0 Å². The third-order valence-electron chi connectivity index (χ3n) is 1.53. The third kappa shape index (κ3) is 2.74. The molecule has 0 aromatic heterocycles. The number of hydrogen-bond donors (Lipinski definition) is 5. The Balaban J connectivity index is 4.18. The van der Waals surface area contributed by atoms with Crippen molar-refractivity contribution >= 4 is 5.97 Å². The van der Waals surface area contributed by atoms with E-state index in [0.29, 0.717) is 0 Å². The van der Waals surface area contributed by atoms with Crippen LogP contribution in [0.25, 0.3) is 0 Å². The highest BCUT2D eigenvalue weighted by molar-refractivity contribution is 5.72. The van der Waals surface area contributed by atoms with Gasteiger partial charge in [0, 0.05) is 0 Å². The van der Waals surface area contributed by atoms with E-state index < -0.39 is 30.3 Å². The van der Waals surface area contributed by atoms with Crippen molar-refractivity contribution < 1.29 is 25.2 Å². The molecule has 0 saturated carbocycles. The zero-order valence-corrected chi connectivity index (χ0v) is 6.58. The summed E-state index contributed by atoms with van der Waals surface area (Å²) in [5.41, 5.74) is 5.18. The third-order valence-corrected chi connectivity index (χ3v) is 1.53. The summed E-state index contributed by atoms with van der Waals surface area (Å²) < 4.78 is 0. The van der Waals surface area contributed by atoms with E-state index in [-0.39, 0.29) is 0 Å². The van der Waals surface area contributed by atoms with Gasteiger partial charge in [0.25, 0.3) is 0 Å². The summed E-state index contributed by atoms with van der Waals surface area (Å²) in [5, 5.41) is 34.9. The number of aliphatic hydroxyl groups is 3. The first kappa shape index (κ1) is 11.3. The zero-order valence-electron chi connectivity index (χ0n) is 6.58. The summed E-state index contributed by atoms with van der Waals surface area (Å²) in [7, 11) is 0. The molecule has 0 saturated heterocycles. The normalized spacial score (nSPS) is 21.1. The fourth-order valence-corrected chi connectivity index (χ4v) is 0.642. The molecular formula is C6H13NO5. The van der Waals surface area contributed by atoms with Crippen molar-refractivity contribution in [1.29, 1.82) is 0 Å². The van der Waals surface area contributed by atoms with Crippen molar-refractivity contribution in [3.63, 3.8) is 0 Å². The number of carboxylic acids is 1. The first-order valence-corrected chi connectivity index (χ1v) is 3.40. The minimum Gasteiger partial charge on any atom is -0.479 e. The minimum atomic E-state index is -1.96. The first-order valence-electron chi connectivity index (χ1n) is 3.40. The van der Waals surface area contributed by atoms with Crippen molar-refractivity contribution in [1.82, 2.24) is 0 Å². The lowest BCUT2D eigenvalue weighted by molar-refractivity contribution is -0.154. The van der Waals surface area contributed by atoms with Crippen LogP contribution >= 0.6 is 0 Å². The van der Waals surface area contributed by atoms with Crippen LogP contribution in [-0.4, -0.2) is 50.7 Å². The van der Waals surface area contributed by atoms with Gasteiger partial charge >= 0.3 is 5.97 Å². The summed E-state index contributed by atoms with van der Waals surface area (Å²) in [6.45, 7) is 1.29. The molecule has 0 aliphatic carbocycles. The van der Waals surface area contributed by atoms with Crippen LogP contribution < -0.4 is 5.73 Å². The van der Waals surface area contributed by atoms with Gasteiger partial charge in [-0.25, -0.2) is 4.79 Å². The molecule has 12 heavy (non-hydrogen) atoms. The van der Waals surface area contributed by atoms with E-state index in [2.05, 4.69) is 0 Å². The van der Waals surface area contributed by atoms with Crippen LogP contribution in [0.2, 0.25) is 0 Å². The summed E-state index contributed by atoms with van der Waals surface area (Å²) in [6, 6.07) is -1.17. The maximum atomic E-state index is 10.1. The fraction of sp³-hybridized carbons (Fsp3) is 0.833. The lowest BCUT2D eigenvalue weighted by Gasteiger charge is -2.22. The van der Waals surface area contributed by atoms with Crippen molar-refractivity contribution in [2.75, 3.05) is 0 Å². The number of carbonyl (C=O) groups is 1.